The number of nitrogens with one attached hydrogen (secondary N) is 1. The van der Waals surface area contributed by atoms with Gasteiger partial charge >= 0.3 is 0 Å². The van der Waals surface area contributed by atoms with Crippen LogP contribution in [0, 0.1) is 0 Å². The fourth-order valence-electron chi connectivity index (χ4n) is 1.000. The second-order valence-corrected chi connectivity index (χ2v) is 2.88. The normalized spacial score (nSPS) is 19.9. The van der Waals surface area contributed by atoms with E-state index >= 15 is 0 Å². The van der Waals surface area contributed by atoms with Gasteiger partial charge in [0.15, 0.2) is 0 Å². The molecule has 0 fully saturated rings. The summed E-state index contributed by atoms with van der Waals surface area (Å²) in [6, 6.07) is 0.0771. The maximum absolute atomic E-state index is 10.9. The SMILES string of the molecule is CC(=O)C(=O)NCC1CC=CC=N1. The van der Waals surface area contributed by atoms with Gasteiger partial charge in [0.1, 0.15) is 0 Å². The lowest BCUT2D eigenvalue weighted by Gasteiger charge is -2.12. The molecule has 4 nitrogen and oxygen atoms in total. The predicted octanol–water partition coefficient (Wildman–Crippen LogP) is 0.0909. The van der Waals surface area contributed by atoms with Crippen molar-refractivity contribution in [2.24, 2.45) is 4.99 Å². The molecular formula is C9H12N2O2. The first-order valence-electron chi connectivity index (χ1n) is 4.17. The summed E-state index contributed by atoms with van der Waals surface area (Å²) in [5.41, 5.74) is 0. The highest BCUT2D eigenvalue weighted by Gasteiger charge is 2.10. The maximum atomic E-state index is 10.9. The Hall–Kier alpha value is -1.45. The number of ketones is 1. The van der Waals surface area contributed by atoms with Crippen LogP contribution in [0.15, 0.2) is 17.1 Å². The average molecular weight is 180 g/mol. The lowest BCUT2D eigenvalue weighted by atomic mass is 10.1. The molecule has 0 aromatic rings. The number of Topliss-reactive ketones (excluding diaryl/α,β-unsaturated/α-hetero) is 1. The van der Waals surface area contributed by atoms with Crippen LogP contribution in [-0.4, -0.2) is 30.5 Å². The highest BCUT2D eigenvalue weighted by Crippen LogP contribution is 2.01. The minimum atomic E-state index is -0.537. The van der Waals surface area contributed by atoms with Crippen LogP contribution < -0.4 is 5.32 Å². The zero-order valence-corrected chi connectivity index (χ0v) is 7.49. The number of amides is 1. The Morgan fingerprint density at radius 2 is 2.38 bits per heavy atom. The number of dihydropyridines is 1. The first-order chi connectivity index (χ1) is 6.20. The second-order valence-electron chi connectivity index (χ2n) is 2.88. The van der Waals surface area contributed by atoms with Crippen molar-refractivity contribution in [2.45, 2.75) is 19.4 Å². The summed E-state index contributed by atoms with van der Waals surface area (Å²) in [6.07, 6.45) is 6.36. The van der Waals surface area contributed by atoms with Crippen molar-refractivity contribution in [1.82, 2.24) is 5.32 Å². The molecule has 0 saturated heterocycles. The van der Waals surface area contributed by atoms with E-state index in [1.165, 1.54) is 6.92 Å². The molecule has 4 heteroatoms. The van der Waals surface area contributed by atoms with Crippen LogP contribution in [0.3, 0.4) is 0 Å². The summed E-state index contributed by atoms with van der Waals surface area (Å²) < 4.78 is 0. The minimum Gasteiger partial charge on any atom is -0.347 e. The van der Waals surface area contributed by atoms with Crippen molar-refractivity contribution in [2.75, 3.05) is 6.54 Å². The quantitative estimate of drug-likeness (QED) is 0.626. The molecule has 0 aromatic heterocycles. The van der Waals surface area contributed by atoms with Crippen molar-refractivity contribution in [3.05, 3.63) is 12.2 Å². The van der Waals surface area contributed by atoms with E-state index < -0.39 is 11.7 Å². The molecular weight excluding hydrogens is 168 g/mol. The number of carbonyl (C=O) groups is 2. The average Bonchev–Trinajstić information content (AvgIpc) is 2.15. The molecule has 0 bridgehead atoms. The molecule has 1 amide bonds. The second kappa shape index (κ2) is 4.54. The summed E-state index contributed by atoms with van der Waals surface area (Å²) in [4.78, 5) is 25.5. The maximum Gasteiger partial charge on any atom is 0.287 e. The van der Waals surface area contributed by atoms with Gasteiger partial charge in [-0.15, -0.1) is 0 Å². The Bertz CT molecular complexity index is 269. The number of hydrogen-bond donors (Lipinski definition) is 1. The third-order valence-corrected chi connectivity index (χ3v) is 1.75. The number of allylic oxidation sites excluding steroid dienone is 1. The Balaban J connectivity index is 2.27. The van der Waals surface area contributed by atoms with Crippen LogP contribution in [0.5, 0.6) is 0 Å². The Kier molecular flexibility index (Phi) is 3.37. The molecule has 0 aromatic carbocycles. The van der Waals surface area contributed by atoms with Gasteiger partial charge in [-0.1, -0.05) is 6.08 Å². The van der Waals surface area contributed by atoms with Crippen molar-refractivity contribution < 1.29 is 9.59 Å². The van der Waals surface area contributed by atoms with Gasteiger partial charge in [0.25, 0.3) is 5.91 Å². The fourth-order valence-corrected chi connectivity index (χ4v) is 1.000. The highest BCUT2D eigenvalue weighted by molar-refractivity contribution is 6.35. The van der Waals surface area contributed by atoms with Gasteiger partial charge in [0.05, 0.1) is 6.04 Å². The van der Waals surface area contributed by atoms with Crippen molar-refractivity contribution in [1.29, 1.82) is 0 Å². The van der Waals surface area contributed by atoms with Crippen LogP contribution in [0.1, 0.15) is 13.3 Å². The molecule has 1 rings (SSSR count). The molecule has 0 saturated carbocycles. The molecule has 13 heavy (non-hydrogen) atoms. The van der Waals surface area contributed by atoms with Crippen LogP contribution in [0.25, 0.3) is 0 Å². The molecule has 0 radical (unpaired) electrons. The number of aliphatic imine (C=N–C) groups is 1. The van der Waals surface area contributed by atoms with Gasteiger partial charge in [-0.25, -0.2) is 0 Å². The Labute approximate surface area is 76.7 Å². The van der Waals surface area contributed by atoms with E-state index in [-0.39, 0.29) is 6.04 Å². The van der Waals surface area contributed by atoms with E-state index in [2.05, 4.69) is 10.3 Å². The van der Waals surface area contributed by atoms with Gasteiger partial charge < -0.3 is 5.32 Å². The minimum absolute atomic E-state index is 0.0771. The zero-order chi connectivity index (χ0) is 9.68. The number of hydrogen-bond acceptors (Lipinski definition) is 3. The molecule has 1 heterocycles. The third-order valence-electron chi connectivity index (χ3n) is 1.75. The van der Waals surface area contributed by atoms with E-state index in [9.17, 15) is 9.59 Å². The number of rotatable bonds is 3. The summed E-state index contributed by atoms with van der Waals surface area (Å²) in [5, 5.41) is 2.52. The van der Waals surface area contributed by atoms with Crippen LogP contribution in [0.4, 0.5) is 0 Å². The number of nitrogens with zero attached hydrogens (tertiary/aromatic N) is 1. The molecule has 70 valence electrons. The number of carbonyl (C=O) groups excluding carboxylic acids is 2. The standard InChI is InChI=1S/C9H12N2O2/c1-7(12)9(13)11-6-8-4-2-3-5-10-8/h2-3,5,8H,4,6H2,1H3,(H,11,13). The molecule has 1 aliphatic rings. The monoisotopic (exact) mass is 180 g/mol. The smallest absolute Gasteiger partial charge is 0.287 e. The van der Waals surface area contributed by atoms with Crippen molar-refractivity contribution >= 4 is 17.9 Å². The summed E-state index contributed by atoms with van der Waals surface area (Å²) in [5.74, 6) is -1.000. The van der Waals surface area contributed by atoms with Crippen LogP contribution in [-0.2, 0) is 9.59 Å². The van der Waals surface area contributed by atoms with Gasteiger partial charge in [0.2, 0.25) is 5.78 Å². The molecule has 1 atom stereocenters. The lowest BCUT2D eigenvalue weighted by Crippen LogP contribution is -2.35. The van der Waals surface area contributed by atoms with E-state index in [4.69, 9.17) is 0 Å². The van der Waals surface area contributed by atoms with Gasteiger partial charge in [-0.05, 0) is 12.5 Å². The van der Waals surface area contributed by atoms with E-state index in [1.807, 2.05) is 12.2 Å². The largest absolute Gasteiger partial charge is 0.347 e. The summed E-state index contributed by atoms with van der Waals surface area (Å²) in [7, 11) is 0. The third kappa shape index (κ3) is 3.19. The lowest BCUT2D eigenvalue weighted by molar-refractivity contribution is -0.136. The molecule has 0 aliphatic carbocycles. The highest BCUT2D eigenvalue weighted by atomic mass is 16.2. The zero-order valence-electron chi connectivity index (χ0n) is 7.49. The Morgan fingerprint density at radius 3 is 2.92 bits per heavy atom. The van der Waals surface area contributed by atoms with Gasteiger partial charge in [-0.2, -0.15) is 0 Å². The van der Waals surface area contributed by atoms with Crippen LogP contribution >= 0.6 is 0 Å². The van der Waals surface area contributed by atoms with Gasteiger partial charge in [0, 0.05) is 19.7 Å². The summed E-state index contributed by atoms with van der Waals surface area (Å²) in [6.45, 7) is 1.68. The van der Waals surface area contributed by atoms with Gasteiger partial charge in [-0.3, -0.25) is 14.6 Å². The predicted molar refractivity (Wildman–Crippen MR) is 49.7 cm³/mol. The Morgan fingerprint density at radius 1 is 1.62 bits per heavy atom. The van der Waals surface area contributed by atoms with Crippen LogP contribution in [0.2, 0.25) is 0 Å². The first kappa shape index (κ1) is 9.64. The molecule has 1 unspecified atom stereocenters. The van der Waals surface area contributed by atoms with Crippen molar-refractivity contribution in [3.63, 3.8) is 0 Å². The topological polar surface area (TPSA) is 58.5 Å². The van der Waals surface area contributed by atoms with E-state index in [0.717, 1.165) is 6.42 Å². The molecule has 1 aliphatic heterocycles. The fraction of sp³-hybridized carbons (Fsp3) is 0.444. The first-order valence-corrected chi connectivity index (χ1v) is 4.17. The molecule has 0 spiro atoms. The van der Waals surface area contributed by atoms with E-state index in [1.54, 1.807) is 6.21 Å². The van der Waals surface area contributed by atoms with Crippen molar-refractivity contribution in [3.8, 4) is 0 Å². The van der Waals surface area contributed by atoms with E-state index in [0.29, 0.717) is 6.54 Å². The summed E-state index contributed by atoms with van der Waals surface area (Å²) >= 11 is 0. The molecule has 1 N–H and O–H groups in total.